The molecule has 2 amide bonds. The summed E-state index contributed by atoms with van der Waals surface area (Å²) in [6, 6.07) is 18.4. The number of carbonyl (C=O) groups excluding carboxylic acids is 2. The number of benzene rings is 4. The van der Waals surface area contributed by atoms with Gasteiger partial charge in [0.15, 0.2) is 0 Å². The Labute approximate surface area is 230 Å². The molecule has 0 aromatic heterocycles. The zero-order valence-corrected chi connectivity index (χ0v) is 20.7. The Bertz CT molecular complexity index is 1680. The van der Waals surface area contributed by atoms with Crippen LogP contribution >= 0.6 is 0 Å². The van der Waals surface area contributed by atoms with Gasteiger partial charge in [-0.1, -0.05) is 0 Å². The van der Waals surface area contributed by atoms with Gasteiger partial charge in [-0.2, -0.15) is 0 Å². The number of anilines is 2. The fourth-order valence-electron chi connectivity index (χ4n) is 3.67. The van der Waals surface area contributed by atoms with Gasteiger partial charge in [0.1, 0.15) is 17.2 Å². The third kappa shape index (κ3) is 6.61. The Balaban J connectivity index is 1.40. The summed E-state index contributed by atoms with van der Waals surface area (Å²) < 4.78 is 5.74. The summed E-state index contributed by atoms with van der Waals surface area (Å²) in [5, 5.41) is 44.2. The van der Waals surface area contributed by atoms with Gasteiger partial charge in [-0.25, -0.2) is 9.59 Å². The zero-order valence-electron chi connectivity index (χ0n) is 20.7. The second-order valence-corrected chi connectivity index (χ2v) is 8.39. The van der Waals surface area contributed by atoms with E-state index >= 15 is 0 Å². The van der Waals surface area contributed by atoms with Crippen molar-refractivity contribution < 1.29 is 44.2 Å². The molecule has 0 saturated heterocycles. The van der Waals surface area contributed by atoms with Crippen LogP contribution in [-0.4, -0.2) is 44.0 Å². The van der Waals surface area contributed by atoms with Crippen molar-refractivity contribution >= 4 is 40.8 Å². The number of phenolic OH excluding ortho intramolecular Hbond substituents is 1. The molecule has 4 rings (SSSR count). The number of ether oxygens (including phenoxy) is 1. The average molecular weight is 557 g/mol. The van der Waals surface area contributed by atoms with Crippen LogP contribution < -0.4 is 15.4 Å². The minimum absolute atomic E-state index is 0.132. The van der Waals surface area contributed by atoms with E-state index in [0.29, 0.717) is 17.2 Å². The molecule has 0 saturated carbocycles. The van der Waals surface area contributed by atoms with E-state index in [0.717, 1.165) is 24.3 Å². The number of nitrogens with one attached hydrogen (secondary N) is 2. The van der Waals surface area contributed by atoms with E-state index in [9.17, 15) is 44.6 Å². The van der Waals surface area contributed by atoms with Gasteiger partial charge in [-0.05, 0) is 72.8 Å². The lowest BCUT2D eigenvalue weighted by molar-refractivity contribution is -0.384. The highest BCUT2D eigenvalue weighted by Crippen LogP contribution is 2.26. The largest absolute Gasteiger partial charge is 0.508 e. The molecule has 0 atom stereocenters. The van der Waals surface area contributed by atoms with Crippen LogP contribution in [-0.2, 0) is 0 Å². The highest BCUT2D eigenvalue weighted by atomic mass is 16.6. The monoisotopic (exact) mass is 557 g/mol. The van der Waals surface area contributed by atoms with Crippen molar-refractivity contribution in [2.75, 3.05) is 10.6 Å². The van der Waals surface area contributed by atoms with E-state index in [4.69, 9.17) is 4.74 Å². The third-order valence-corrected chi connectivity index (χ3v) is 5.63. The van der Waals surface area contributed by atoms with E-state index < -0.39 is 39.9 Å². The van der Waals surface area contributed by atoms with Crippen LogP contribution in [0.3, 0.4) is 0 Å². The zero-order chi connectivity index (χ0) is 29.7. The molecule has 13 heteroatoms. The number of nitro benzene ring substituents is 1. The fraction of sp³-hybridized carbons (Fsp3) is 0. The lowest BCUT2D eigenvalue weighted by Crippen LogP contribution is -2.16. The molecular weight excluding hydrogens is 538 g/mol. The molecule has 0 radical (unpaired) electrons. The van der Waals surface area contributed by atoms with Crippen LogP contribution in [0.2, 0.25) is 0 Å². The number of nitro groups is 1. The van der Waals surface area contributed by atoms with Crippen molar-refractivity contribution in [2.24, 2.45) is 0 Å². The Morgan fingerprint density at radius 3 is 1.61 bits per heavy atom. The molecule has 4 aromatic carbocycles. The van der Waals surface area contributed by atoms with E-state index in [-0.39, 0.29) is 28.1 Å². The van der Waals surface area contributed by atoms with Crippen molar-refractivity contribution in [3.8, 4) is 17.2 Å². The molecule has 0 aliphatic carbocycles. The maximum absolute atomic E-state index is 12.7. The molecule has 13 nitrogen and oxygen atoms in total. The molecule has 0 bridgehead atoms. The minimum atomic E-state index is -1.41. The van der Waals surface area contributed by atoms with Crippen molar-refractivity contribution in [3.63, 3.8) is 0 Å². The number of carbonyl (C=O) groups is 4. The Morgan fingerprint density at radius 2 is 1.12 bits per heavy atom. The quantitative estimate of drug-likeness (QED) is 0.138. The lowest BCUT2D eigenvalue weighted by Gasteiger charge is -2.11. The molecular formula is C28H19N3O10. The Morgan fingerprint density at radius 1 is 0.634 bits per heavy atom. The number of rotatable bonds is 9. The molecule has 0 aliphatic rings. The maximum Gasteiger partial charge on any atom is 0.336 e. The molecule has 0 heterocycles. The number of carboxylic acid groups (broad SMARTS) is 2. The van der Waals surface area contributed by atoms with Crippen molar-refractivity contribution in [1.29, 1.82) is 0 Å². The number of carboxylic acids is 2. The van der Waals surface area contributed by atoms with Crippen molar-refractivity contribution in [3.05, 3.63) is 117 Å². The number of phenols is 1. The number of non-ortho nitro benzene ring substituents is 1. The van der Waals surface area contributed by atoms with Gasteiger partial charge in [0.2, 0.25) is 0 Å². The van der Waals surface area contributed by atoms with Gasteiger partial charge in [0.25, 0.3) is 17.5 Å². The molecule has 0 fully saturated rings. The van der Waals surface area contributed by atoms with Crippen LogP contribution in [0.15, 0.2) is 84.9 Å². The number of amides is 2. The highest BCUT2D eigenvalue weighted by Gasteiger charge is 2.21. The van der Waals surface area contributed by atoms with Crippen LogP contribution in [0.25, 0.3) is 0 Å². The molecule has 5 N–H and O–H groups in total. The topological polar surface area (TPSA) is 205 Å². The van der Waals surface area contributed by atoms with E-state index in [2.05, 4.69) is 10.6 Å². The Hall–Kier alpha value is -6.24. The second-order valence-electron chi connectivity index (χ2n) is 8.39. The van der Waals surface area contributed by atoms with Crippen LogP contribution in [0.1, 0.15) is 41.4 Å². The molecule has 0 aliphatic heterocycles. The molecule has 0 spiro atoms. The molecule has 0 unspecified atom stereocenters. The van der Waals surface area contributed by atoms with Gasteiger partial charge < -0.3 is 30.7 Å². The normalized spacial score (nSPS) is 10.3. The van der Waals surface area contributed by atoms with Gasteiger partial charge in [-0.15, -0.1) is 0 Å². The predicted octanol–water partition coefficient (Wildman–Crippen LogP) is 4.99. The number of aromatic carboxylic acids is 2. The third-order valence-electron chi connectivity index (χ3n) is 5.63. The maximum atomic E-state index is 12.7. The SMILES string of the molecule is O=C(O)c1cc(O)ccc1C(=O)Nc1ccc(Oc2ccc(NC(=O)c3cc([N+](=O)[O-])ccc3C(=O)O)cc2)cc1. The van der Waals surface area contributed by atoms with Gasteiger partial charge in [0.05, 0.1) is 27.2 Å². The lowest BCUT2D eigenvalue weighted by atomic mass is 10.1. The smallest absolute Gasteiger partial charge is 0.336 e. The summed E-state index contributed by atoms with van der Waals surface area (Å²) in [6.07, 6.45) is 0. The predicted molar refractivity (Wildman–Crippen MR) is 144 cm³/mol. The standard InChI is InChI=1S/C28H19N3O10/c32-18-6-12-21(24(14-18)28(37)38)25(33)29-15-1-7-19(8-2-15)41-20-9-3-16(4-10-20)30-26(34)23-13-17(31(39)40)5-11-22(23)27(35)36/h1-14,32H,(H,29,33)(H,30,34)(H,35,36)(H,37,38). The number of aromatic hydroxyl groups is 1. The summed E-state index contributed by atoms with van der Waals surface area (Å²) in [7, 11) is 0. The van der Waals surface area contributed by atoms with Crippen LogP contribution in [0.5, 0.6) is 17.2 Å². The first kappa shape index (κ1) is 27.8. The Kier molecular flexibility index (Phi) is 7.90. The van der Waals surface area contributed by atoms with Crippen LogP contribution in [0, 0.1) is 10.1 Å². The van der Waals surface area contributed by atoms with Crippen molar-refractivity contribution in [1.82, 2.24) is 0 Å². The number of hydrogen-bond donors (Lipinski definition) is 5. The van der Waals surface area contributed by atoms with E-state index in [1.807, 2.05) is 0 Å². The summed E-state index contributed by atoms with van der Waals surface area (Å²) in [6.45, 7) is 0. The number of nitrogens with zero attached hydrogens (tertiary/aromatic N) is 1. The minimum Gasteiger partial charge on any atom is -0.508 e. The fourth-order valence-corrected chi connectivity index (χ4v) is 3.67. The van der Waals surface area contributed by atoms with Crippen molar-refractivity contribution in [2.45, 2.75) is 0 Å². The summed E-state index contributed by atoms with van der Waals surface area (Å²) in [4.78, 5) is 58.3. The van der Waals surface area contributed by atoms with E-state index in [1.165, 1.54) is 48.5 Å². The molecule has 4 aromatic rings. The molecule has 41 heavy (non-hydrogen) atoms. The summed E-state index contributed by atoms with van der Waals surface area (Å²) in [5.74, 6) is -3.84. The first-order valence-electron chi connectivity index (χ1n) is 11.6. The highest BCUT2D eigenvalue weighted by molar-refractivity contribution is 6.11. The first-order valence-corrected chi connectivity index (χ1v) is 11.6. The second kappa shape index (κ2) is 11.7. The molecule has 206 valence electrons. The van der Waals surface area contributed by atoms with Gasteiger partial charge in [0, 0.05) is 23.5 Å². The van der Waals surface area contributed by atoms with Gasteiger partial charge >= 0.3 is 11.9 Å². The number of hydrogen-bond acceptors (Lipinski definition) is 8. The summed E-state index contributed by atoms with van der Waals surface area (Å²) in [5.41, 5.74) is -1.05. The average Bonchev–Trinajstić information content (AvgIpc) is 2.94. The van der Waals surface area contributed by atoms with Crippen LogP contribution in [0.4, 0.5) is 17.1 Å². The summed E-state index contributed by atoms with van der Waals surface area (Å²) >= 11 is 0. The van der Waals surface area contributed by atoms with Gasteiger partial charge in [-0.3, -0.25) is 19.7 Å². The van der Waals surface area contributed by atoms with E-state index in [1.54, 1.807) is 12.1 Å². The first-order chi connectivity index (χ1) is 19.5.